The second-order valence-corrected chi connectivity index (χ2v) is 7.86. The molecule has 2 atom stereocenters. The smallest absolute Gasteiger partial charge is 0.269 e. The summed E-state index contributed by atoms with van der Waals surface area (Å²) in [6, 6.07) is 22.3. The lowest BCUT2D eigenvalue weighted by Crippen LogP contribution is -2.47. The number of nitro groups is 1. The summed E-state index contributed by atoms with van der Waals surface area (Å²) in [6.45, 7) is 3.50. The van der Waals surface area contributed by atoms with Gasteiger partial charge >= 0.3 is 0 Å². The fourth-order valence-electron chi connectivity index (χ4n) is 4.37. The highest BCUT2D eigenvalue weighted by atomic mass is 16.6. The lowest BCUT2D eigenvalue weighted by atomic mass is 9.89. The molecule has 0 aliphatic carbocycles. The number of hydrogen-bond donors (Lipinski definition) is 0. The first kappa shape index (κ1) is 21.2. The number of carbonyl (C=O) groups excluding carboxylic acids is 2. The largest absolute Gasteiger partial charge is 0.305 e. The van der Waals surface area contributed by atoms with Crippen LogP contribution >= 0.6 is 0 Å². The van der Waals surface area contributed by atoms with Crippen LogP contribution in [0.2, 0.25) is 0 Å². The SMILES string of the molecule is CC(=O)N(c1ccccc1)[C@H]1C[C@H](C)N(C(=O)c2ccc([N+](=O)[O-])cc2)c2ccccc21. The highest BCUT2D eigenvalue weighted by Crippen LogP contribution is 2.42. The van der Waals surface area contributed by atoms with Gasteiger partial charge in [-0.05, 0) is 49.2 Å². The first-order valence-electron chi connectivity index (χ1n) is 10.4. The molecule has 7 heteroatoms. The Morgan fingerprint density at radius 3 is 2.22 bits per heavy atom. The maximum absolute atomic E-state index is 13.4. The Morgan fingerprint density at radius 2 is 1.59 bits per heavy atom. The van der Waals surface area contributed by atoms with Crippen LogP contribution in [-0.2, 0) is 4.79 Å². The molecule has 162 valence electrons. The van der Waals surface area contributed by atoms with Crippen molar-refractivity contribution in [2.24, 2.45) is 0 Å². The number of fused-ring (bicyclic) bond motifs is 1. The van der Waals surface area contributed by atoms with Crippen LogP contribution in [0.15, 0.2) is 78.9 Å². The Morgan fingerprint density at radius 1 is 0.969 bits per heavy atom. The van der Waals surface area contributed by atoms with E-state index >= 15 is 0 Å². The predicted octanol–water partition coefficient (Wildman–Crippen LogP) is 5.13. The van der Waals surface area contributed by atoms with Crippen LogP contribution in [0, 0.1) is 10.1 Å². The minimum atomic E-state index is -0.488. The van der Waals surface area contributed by atoms with Crippen molar-refractivity contribution in [3.63, 3.8) is 0 Å². The molecule has 0 unspecified atom stereocenters. The summed E-state index contributed by atoms with van der Waals surface area (Å²) < 4.78 is 0. The van der Waals surface area contributed by atoms with Gasteiger partial charge in [-0.15, -0.1) is 0 Å². The average Bonchev–Trinajstić information content (AvgIpc) is 2.79. The minimum absolute atomic E-state index is 0.0614. The van der Waals surface area contributed by atoms with Gasteiger partial charge in [0.25, 0.3) is 11.6 Å². The zero-order valence-electron chi connectivity index (χ0n) is 17.8. The Balaban J connectivity index is 1.74. The lowest BCUT2D eigenvalue weighted by molar-refractivity contribution is -0.384. The van der Waals surface area contributed by atoms with Crippen LogP contribution in [-0.4, -0.2) is 22.8 Å². The van der Waals surface area contributed by atoms with Gasteiger partial charge in [0.1, 0.15) is 0 Å². The highest BCUT2D eigenvalue weighted by molar-refractivity contribution is 6.07. The number of rotatable bonds is 4. The van der Waals surface area contributed by atoms with Crippen molar-refractivity contribution in [2.45, 2.75) is 32.4 Å². The van der Waals surface area contributed by atoms with Crippen molar-refractivity contribution in [3.05, 3.63) is 100 Å². The average molecular weight is 429 g/mol. The van der Waals surface area contributed by atoms with Crippen LogP contribution in [0.5, 0.6) is 0 Å². The number of para-hydroxylation sites is 2. The second kappa shape index (κ2) is 8.63. The number of amides is 2. The molecule has 0 radical (unpaired) electrons. The summed E-state index contributed by atoms with van der Waals surface area (Å²) in [6.07, 6.45) is 0.560. The van der Waals surface area contributed by atoms with Gasteiger partial charge in [-0.3, -0.25) is 19.7 Å². The molecule has 1 aliphatic heterocycles. The van der Waals surface area contributed by atoms with Gasteiger partial charge in [-0.1, -0.05) is 36.4 Å². The van der Waals surface area contributed by atoms with E-state index in [0.717, 1.165) is 16.9 Å². The van der Waals surface area contributed by atoms with Crippen LogP contribution in [0.1, 0.15) is 42.2 Å². The van der Waals surface area contributed by atoms with Crippen molar-refractivity contribution in [3.8, 4) is 0 Å². The molecule has 0 saturated carbocycles. The molecule has 3 aromatic rings. The molecule has 32 heavy (non-hydrogen) atoms. The summed E-state index contributed by atoms with van der Waals surface area (Å²) in [5.74, 6) is -0.300. The number of benzene rings is 3. The van der Waals surface area contributed by atoms with E-state index in [1.165, 1.54) is 24.3 Å². The maximum Gasteiger partial charge on any atom is 0.269 e. The molecule has 0 saturated heterocycles. The molecule has 1 aliphatic rings. The molecule has 0 fully saturated rings. The summed E-state index contributed by atoms with van der Waals surface area (Å²) in [4.78, 5) is 40.0. The van der Waals surface area contributed by atoms with Gasteiger partial charge < -0.3 is 9.80 Å². The third kappa shape index (κ3) is 3.85. The standard InChI is InChI=1S/C25H23N3O4/c1-17-16-24(27(18(2)29)20-8-4-3-5-9-20)22-10-6-7-11-23(22)26(17)25(30)19-12-14-21(15-13-19)28(31)32/h3-15,17,24H,16H2,1-2H3/t17-,24-/m0/s1. The molecular weight excluding hydrogens is 406 g/mol. The fraction of sp³-hybridized carbons (Fsp3) is 0.200. The molecule has 0 aromatic heterocycles. The van der Waals surface area contributed by atoms with Crippen molar-refractivity contribution >= 4 is 28.9 Å². The van der Waals surface area contributed by atoms with E-state index in [4.69, 9.17) is 0 Å². The van der Waals surface area contributed by atoms with E-state index in [1.54, 1.807) is 16.7 Å². The summed E-state index contributed by atoms with van der Waals surface area (Å²) in [5.41, 5.74) is 2.75. The number of anilines is 2. The van der Waals surface area contributed by atoms with Crippen molar-refractivity contribution in [1.29, 1.82) is 0 Å². The number of hydrogen-bond acceptors (Lipinski definition) is 4. The van der Waals surface area contributed by atoms with E-state index in [0.29, 0.717) is 12.0 Å². The highest BCUT2D eigenvalue weighted by Gasteiger charge is 2.38. The first-order valence-corrected chi connectivity index (χ1v) is 10.4. The molecule has 0 bridgehead atoms. The number of non-ortho nitro benzene ring substituents is 1. The molecule has 2 amide bonds. The Bertz CT molecular complexity index is 1160. The van der Waals surface area contributed by atoms with Gasteiger partial charge in [0.15, 0.2) is 0 Å². The van der Waals surface area contributed by atoms with Gasteiger partial charge in [0, 0.05) is 42.0 Å². The Labute approximate surface area is 186 Å². The monoisotopic (exact) mass is 429 g/mol. The quantitative estimate of drug-likeness (QED) is 0.425. The van der Waals surface area contributed by atoms with Crippen molar-refractivity contribution in [1.82, 2.24) is 0 Å². The first-order chi connectivity index (χ1) is 15.4. The molecule has 3 aromatic carbocycles. The summed E-state index contributed by atoms with van der Waals surface area (Å²) >= 11 is 0. The zero-order chi connectivity index (χ0) is 22.8. The van der Waals surface area contributed by atoms with Crippen LogP contribution in [0.4, 0.5) is 17.1 Å². The molecule has 7 nitrogen and oxygen atoms in total. The molecule has 1 heterocycles. The Hall–Kier alpha value is -4.00. The van der Waals surface area contributed by atoms with E-state index in [9.17, 15) is 19.7 Å². The van der Waals surface area contributed by atoms with Crippen molar-refractivity contribution < 1.29 is 14.5 Å². The van der Waals surface area contributed by atoms with E-state index in [-0.39, 0.29) is 29.6 Å². The number of nitrogens with zero attached hydrogens (tertiary/aromatic N) is 3. The normalized spacial score (nSPS) is 17.4. The van der Waals surface area contributed by atoms with Gasteiger partial charge in [-0.2, -0.15) is 0 Å². The van der Waals surface area contributed by atoms with Gasteiger partial charge in [0.2, 0.25) is 5.91 Å². The fourth-order valence-corrected chi connectivity index (χ4v) is 4.37. The number of carbonyl (C=O) groups is 2. The third-order valence-corrected chi connectivity index (χ3v) is 5.79. The summed E-state index contributed by atoms with van der Waals surface area (Å²) in [7, 11) is 0. The predicted molar refractivity (Wildman–Crippen MR) is 123 cm³/mol. The molecular formula is C25H23N3O4. The second-order valence-electron chi connectivity index (χ2n) is 7.86. The topological polar surface area (TPSA) is 83.8 Å². The summed E-state index contributed by atoms with van der Waals surface area (Å²) in [5, 5.41) is 10.9. The number of nitro benzene ring substituents is 1. The van der Waals surface area contributed by atoms with Crippen LogP contribution in [0.25, 0.3) is 0 Å². The van der Waals surface area contributed by atoms with Crippen LogP contribution in [0.3, 0.4) is 0 Å². The van der Waals surface area contributed by atoms with Crippen LogP contribution < -0.4 is 9.80 Å². The van der Waals surface area contributed by atoms with Gasteiger partial charge in [0.05, 0.1) is 11.0 Å². The minimum Gasteiger partial charge on any atom is -0.305 e. The van der Waals surface area contributed by atoms with E-state index < -0.39 is 4.92 Å². The van der Waals surface area contributed by atoms with E-state index in [2.05, 4.69) is 0 Å². The lowest BCUT2D eigenvalue weighted by Gasteiger charge is -2.43. The molecule has 0 N–H and O–H groups in total. The Kier molecular flexibility index (Phi) is 5.73. The van der Waals surface area contributed by atoms with E-state index in [1.807, 2.05) is 61.5 Å². The molecule has 0 spiro atoms. The van der Waals surface area contributed by atoms with Gasteiger partial charge in [-0.25, -0.2) is 0 Å². The zero-order valence-corrected chi connectivity index (χ0v) is 17.8. The third-order valence-electron chi connectivity index (χ3n) is 5.79. The van der Waals surface area contributed by atoms with Crippen molar-refractivity contribution in [2.75, 3.05) is 9.80 Å². The molecule has 4 rings (SSSR count). The maximum atomic E-state index is 13.4.